The molecule has 0 amide bonds. The molecule has 0 spiro atoms. The molecule has 0 radical (unpaired) electrons. The second-order valence-electron chi connectivity index (χ2n) is 5.61. The van der Waals surface area contributed by atoms with Crippen molar-refractivity contribution in [3.05, 3.63) is 64.7 Å². The van der Waals surface area contributed by atoms with Gasteiger partial charge in [-0.15, -0.1) is 0 Å². The highest BCUT2D eigenvalue weighted by molar-refractivity contribution is 5.35. The maximum absolute atomic E-state index is 5.90. The zero-order chi connectivity index (χ0) is 13.9. The van der Waals surface area contributed by atoms with E-state index in [1.165, 1.54) is 36.0 Å². The zero-order valence-electron chi connectivity index (χ0n) is 11.9. The number of nitrogens with two attached hydrogens (primary N) is 1. The molecule has 0 unspecified atom stereocenters. The first kappa shape index (κ1) is 13.2. The predicted octanol–water partition coefficient (Wildman–Crippen LogP) is 3.77. The summed E-state index contributed by atoms with van der Waals surface area (Å²) >= 11 is 0. The predicted molar refractivity (Wildman–Crippen MR) is 81.8 cm³/mol. The number of aryl methyl sites for hydroxylation is 2. The maximum Gasteiger partial charge on any atom is 0.120 e. The van der Waals surface area contributed by atoms with Gasteiger partial charge < -0.3 is 10.5 Å². The van der Waals surface area contributed by atoms with E-state index < -0.39 is 0 Å². The molecule has 2 aromatic carbocycles. The molecule has 1 aliphatic carbocycles. The topological polar surface area (TPSA) is 35.2 Å². The van der Waals surface area contributed by atoms with E-state index in [1.54, 1.807) is 0 Å². The lowest BCUT2D eigenvalue weighted by Crippen LogP contribution is -2.05. The smallest absolute Gasteiger partial charge is 0.120 e. The van der Waals surface area contributed by atoms with Crippen molar-refractivity contribution in [1.82, 2.24) is 0 Å². The Balaban J connectivity index is 1.69. The molecular formula is C18H21NO. The van der Waals surface area contributed by atoms with Crippen molar-refractivity contribution < 1.29 is 4.74 Å². The lowest BCUT2D eigenvalue weighted by Gasteiger charge is -2.11. The quantitative estimate of drug-likeness (QED) is 0.915. The number of hydrogen-bond acceptors (Lipinski definition) is 2. The number of ether oxygens (including phenoxy) is 1. The minimum atomic E-state index is 0.0403. The van der Waals surface area contributed by atoms with Crippen molar-refractivity contribution in [2.45, 2.75) is 38.8 Å². The summed E-state index contributed by atoms with van der Waals surface area (Å²) in [5.41, 5.74) is 11.3. The highest BCUT2D eigenvalue weighted by atomic mass is 16.5. The Hall–Kier alpha value is -1.80. The fraction of sp³-hybridized carbons (Fsp3) is 0.333. The van der Waals surface area contributed by atoms with Gasteiger partial charge in [-0.25, -0.2) is 0 Å². The van der Waals surface area contributed by atoms with Gasteiger partial charge in [0.25, 0.3) is 0 Å². The Kier molecular flexibility index (Phi) is 3.75. The molecule has 20 heavy (non-hydrogen) atoms. The van der Waals surface area contributed by atoms with Gasteiger partial charge in [0, 0.05) is 6.04 Å². The van der Waals surface area contributed by atoms with E-state index in [0.717, 1.165) is 11.3 Å². The van der Waals surface area contributed by atoms with E-state index in [9.17, 15) is 0 Å². The largest absolute Gasteiger partial charge is 0.489 e. The number of fused-ring (bicyclic) bond motifs is 1. The van der Waals surface area contributed by atoms with Gasteiger partial charge in [0.1, 0.15) is 12.4 Å². The van der Waals surface area contributed by atoms with Crippen molar-refractivity contribution in [2.75, 3.05) is 0 Å². The Labute approximate surface area is 120 Å². The Morgan fingerprint density at radius 2 is 1.95 bits per heavy atom. The normalized spacial score (nSPS) is 14.9. The molecule has 0 aromatic heterocycles. The van der Waals surface area contributed by atoms with Crippen LogP contribution in [0.4, 0.5) is 0 Å². The van der Waals surface area contributed by atoms with Gasteiger partial charge in [-0.3, -0.25) is 0 Å². The Bertz CT molecular complexity index is 604. The van der Waals surface area contributed by atoms with E-state index in [1.807, 2.05) is 31.2 Å². The van der Waals surface area contributed by atoms with Crippen LogP contribution in [0, 0.1) is 0 Å². The van der Waals surface area contributed by atoms with Crippen LogP contribution in [0.5, 0.6) is 5.75 Å². The van der Waals surface area contributed by atoms with Gasteiger partial charge in [0.2, 0.25) is 0 Å². The Morgan fingerprint density at radius 3 is 2.80 bits per heavy atom. The van der Waals surface area contributed by atoms with Crippen LogP contribution in [-0.2, 0) is 19.4 Å². The summed E-state index contributed by atoms with van der Waals surface area (Å²) in [6, 6.07) is 14.8. The lowest BCUT2D eigenvalue weighted by atomic mass is 10.1. The van der Waals surface area contributed by atoms with Crippen LogP contribution in [0.15, 0.2) is 42.5 Å². The minimum absolute atomic E-state index is 0.0403. The molecule has 1 aliphatic rings. The number of rotatable bonds is 4. The highest BCUT2D eigenvalue weighted by Gasteiger charge is 2.10. The molecule has 2 heteroatoms. The molecular weight excluding hydrogens is 246 g/mol. The molecule has 0 fully saturated rings. The van der Waals surface area contributed by atoms with Crippen molar-refractivity contribution in [1.29, 1.82) is 0 Å². The minimum Gasteiger partial charge on any atom is -0.489 e. The molecule has 0 saturated carbocycles. The molecule has 2 nitrogen and oxygen atoms in total. The van der Waals surface area contributed by atoms with E-state index >= 15 is 0 Å². The molecule has 0 saturated heterocycles. The third-order valence-corrected chi connectivity index (χ3v) is 3.95. The average molecular weight is 267 g/mol. The van der Waals surface area contributed by atoms with Crippen LogP contribution in [0.2, 0.25) is 0 Å². The summed E-state index contributed by atoms with van der Waals surface area (Å²) in [5.74, 6) is 0.889. The fourth-order valence-electron chi connectivity index (χ4n) is 2.77. The monoisotopic (exact) mass is 267 g/mol. The summed E-state index contributed by atoms with van der Waals surface area (Å²) in [5, 5.41) is 0. The lowest BCUT2D eigenvalue weighted by molar-refractivity contribution is 0.305. The van der Waals surface area contributed by atoms with Crippen LogP contribution in [-0.4, -0.2) is 0 Å². The average Bonchev–Trinajstić information content (AvgIpc) is 2.93. The van der Waals surface area contributed by atoms with Crippen molar-refractivity contribution in [3.8, 4) is 5.75 Å². The zero-order valence-corrected chi connectivity index (χ0v) is 11.9. The van der Waals surface area contributed by atoms with Crippen molar-refractivity contribution in [3.63, 3.8) is 0 Å². The fourth-order valence-corrected chi connectivity index (χ4v) is 2.77. The molecule has 1 atom stereocenters. The number of hydrogen-bond donors (Lipinski definition) is 1. The van der Waals surface area contributed by atoms with E-state index in [4.69, 9.17) is 10.5 Å². The van der Waals surface area contributed by atoms with E-state index in [-0.39, 0.29) is 6.04 Å². The van der Waals surface area contributed by atoms with Crippen LogP contribution in [0.3, 0.4) is 0 Å². The highest BCUT2D eigenvalue weighted by Crippen LogP contribution is 2.24. The SMILES string of the molecule is C[C@@H](N)c1cccc(OCc2ccc3c(c2)CCC3)c1. The first-order valence-electron chi connectivity index (χ1n) is 7.31. The van der Waals surface area contributed by atoms with Crippen LogP contribution in [0.25, 0.3) is 0 Å². The second kappa shape index (κ2) is 5.68. The number of benzene rings is 2. The van der Waals surface area contributed by atoms with Gasteiger partial charge in [-0.1, -0.05) is 30.3 Å². The molecule has 104 valence electrons. The molecule has 2 N–H and O–H groups in total. The van der Waals surface area contributed by atoms with Gasteiger partial charge >= 0.3 is 0 Å². The summed E-state index contributed by atoms with van der Waals surface area (Å²) in [4.78, 5) is 0. The van der Waals surface area contributed by atoms with Gasteiger partial charge in [-0.2, -0.15) is 0 Å². The van der Waals surface area contributed by atoms with Crippen LogP contribution < -0.4 is 10.5 Å². The Morgan fingerprint density at radius 1 is 1.10 bits per heavy atom. The first-order chi connectivity index (χ1) is 9.72. The van der Waals surface area contributed by atoms with Crippen molar-refractivity contribution >= 4 is 0 Å². The molecule has 3 rings (SSSR count). The summed E-state index contributed by atoms with van der Waals surface area (Å²) in [6.07, 6.45) is 3.73. The van der Waals surface area contributed by atoms with E-state index in [2.05, 4.69) is 18.2 Å². The van der Waals surface area contributed by atoms with Gasteiger partial charge in [-0.05, 0) is 60.6 Å². The molecule has 0 bridgehead atoms. The maximum atomic E-state index is 5.90. The van der Waals surface area contributed by atoms with Gasteiger partial charge in [0.15, 0.2) is 0 Å². The molecule has 0 aliphatic heterocycles. The first-order valence-corrected chi connectivity index (χ1v) is 7.31. The van der Waals surface area contributed by atoms with Crippen LogP contribution in [0.1, 0.15) is 41.6 Å². The second-order valence-corrected chi connectivity index (χ2v) is 5.61. The standard InChI is InChI=1S/C18H21NO/c1-13(19)16-5-3-7-18(11-16)20-12-14-8-9-15-4-2-6-17(15)10-14/h3,5,7-11,13H,2,4,6,12,19H2,1H3/t13-/m1/s1. The molecule has 2 aromatic rings. The van der Waals surface area contributed by atoms with Crippen molar-refractivity contribution in [2.24, 2.45) is 5.73 Å². The van der Waals surface area contributed by atoms with E-state index in [0.29, 0.717) is 6.61 Å². The van der Waals surface area contributed by atoms with Gasteiger partial charge in [0.05, 0.1) is 0 Å². The summed E-state index contributed by atoms with van der Waals surface area (Å²) in [6.45, 7) is 2.61. The third kappa shape index (κ3) is 2.86. The third-order valence-electron chi connectivity index (χ3n) is 3.95. The summed E-state index contributed by atoms with van der Waals surface area (Å²) in [7, 11) is 0. The summed E-state index contributed by atoms with van der Waals surface area (Å²) < 4.78 is 5.89. The molecule has 0 heterocycles. The van der Waals surface area contributed by atoms with Crippen LogP contribution >= 0.6 is 0 Å².